The van der Waals surface area contributed by atoms with E-state index in [0.717, 1.165) is 5.56 Å². The summed E-state index contributed by atoms with van der Waals surface area (Å²) in [5.41, 5.74) is 6.36. The van der Waals surface area contributed by atoms with Crippen LogP contribution in [-0.2, 0) is 6.42 Å². The van der Waals surface area contributed by atoms with Crippen LogP contribution in [0.2, 0.25) is 0 Å². The van der Waals surface area contributed by atoms with Crippen molar-refractivity contribution in [2.24, 2.45) is 5.73 Å². The zero-order valence-electron chi connectivity index (χ0n) is 9.76. The Morgan fingerprint density at radius 3 is 2.20 bits per heavy atom. The molecule has 1 aromatic rings. The summed E-state index contributed by atoms with van der Waals surface area (Å²) < 4.78 is 13.6. The summed E-state index contributed by atoms with van der Waals surface area (Å²) in [5, 5.41) is 0. The first-order valence-electron chi connectivity index (χ1n) is 5.42. The van der Waals surface area contributed by atoms with Crippen molar-refractivity contribution in [3.63, 3.8) is 0 Å². The van der Waals surface area contributed by atoms with E-state index in [4.69, 9.17) is 5.73 Å². The fourth-order valence-electron chi connectivity index (χ4n) is 1.52. The molecule has 0 fully saturated rings. The van der Waals surface area contributed by atoms with Crippen molar-refractivity contribution >= 4 is 0 Å². The summed E-state index contributed by atoms with van der Waals surface area (Å²) in [7, 11) is 0. The van der Waals surface area contributed by atoms with Crippen LogP contribution < -0.4 is 5.73 Å². The summed E-state index contributed by atoms with van der Waals surface area (Å²) in [4.78, 5) is 0. The minimum atomic E-state index is -1.29. The molecule has 0 aliphatic rings. The molecule has 0 spiro atoms. The first-order valence-corrected chi connectivity index (χ1v) is 5.42. The first kappa shape index (κ1) is 12.2. The van der Waals surface area contributed by atoms with Gasteiger partial charge in [0, 0.05) is 13.0 Å². The maximum atomic E-state index is 13.6. The van der Waals surface area contributed by atoms with Crippen molar-refractivity contribution in [3.8, 4) is 0 Å². The third kappa shape index (κ3) is 3.63. The van der Waals surface area contributed by atoms with E-state index >= 15 is 0 Å². The molecule has 0 bridgehead atoms. The zero-order valence-corrected chi connectivity index (χ0v) is 9.76. The Bertz CT molecular complexity index is 301. The Morgan fingerprint density at radius 1 is 1.27 bits per heavy atom. The maximum Gasteiger partial charge on any atom is 0.124 e. The summed E-state index contributed by atoms with van der Waals surface area (Å²) in [6.45, 7) is 5.91. The molecule has 1 rings (SSSR count). The number of hydrogen-bond donors (Lipinski definition) is 1. The summed E-state index contributed by atoms with van der Waals surface area (Å²) in [6, 6.07) is 8.10. The van der Waals surface area contributed by atoms with Crippen molar-refractivity contribution in [3.05, 3.63) is 35.4 Å². The van der Waals surface area contributed by atoms with Gasteiger partial charge >= 0.3 is 0 Å². The van der Waals surface area contributed by atoms with E-state index in [2.05, 4.69) is 26.0 Å². The molecular weight excluding hydrogens is 189 g/mol. The number of benzene rings is 1. The van der Waals surface area contributed by atoms with Gasteiger partial charge in [0.1, 0.15) is 5.67 Å². The maximum absolute atomic E-state index is 13.6. The number of rotatable bonds is 4. The van der Waals surface area contributed by atoms with Gasteiger partial charge in [-0.2, -0.15) is 0 Å². The molecule has 15 heavy (non-hydrogen) atoms. The van der Waals surface area contributed by atoms with E-state index < -0.39 is 5.67 Å². The Kier molecular flexibility index (Phi) is 3.86. The molecule has 0 aliphatic carbocycles. The van der Waals surface area contributed by atoms with Gasteiger partial charge in [0.05, 0.1) is 0 Å². The minimum absolute atomic E-state index is 0.0684. The molecule has 2 heteroatoms. The molecule has 1 atom stereocenters. The summed E-state index contributed by atoms with van der Waals surface area (Å²) in [5.74, 6) is 0.519. The molecule has 0 saturated heterocycles. The highest BCUT2D eigenvalue weighted by molar-refractivity contribution is 5.25. The van der Waals surface area contributed by atoms with E-state index in [0.29, 0.717) is 12.3 Å². The fourth-order valence-corrected chi connectivity index (χ4v) is 1.52. The van der Waals surface area contributed by atoms with Crippen molar-refractivity contribution in [1.29, 1.82) is 0 Å². The van der Waals surface area contributed by atoms with Gasteiger partial charge in [0.15, 0.2) is 0 Å². The van der Waals surface area contributed by atoms with Crippen LogP contribution in [0.25, 0.3) is 0 Å². The van der Waals surface area contributed by atoms with Gasteiger partial charge in [-0.3, -0.25) is 0 Å². The molecule has 2 N–H and O–H groups in total. The lowest BCUT2D eigenvalue weighted by Gasteiger charge is -2.18. The quantitative estimate of drug-likeness (QED) is 0.810. The van der Waals surface area contributed by atoms with Crippen LogP contribution in [0, 0.1) is 0 Å². The third-order valence-electron chi connectivity index (χ3n) is 2.64. The van der Waals surface area contributed by atoms with Gasteiger partial charge < -0.3 is 5.73 Å². The first-order chi connectivity index (χ1) is 6.94. The van der Waals surface area contributed by atoms with Gasteiger partial charge in [-0.05, 0) is 24.0 Å². The Morgan fingerprint density at radius 2 is 1.80 bits per heavy atom. The Balaban J connectivity index is 2.73. The van der Waals surface area contributed by atoms with E-state index in [1.807, 2.05) is 12.1 Å². The largest absolute Gasteiger partial charge is 0.328 e. The Hall–Kier alpha value is -0.890. The number of hydrogen-bond acceptors (Lipinski definition) is 1. The molecule has 1 nitrogen and oxygen atoms in total. The second-order valence-corrected chi connectivity index (χ2v) is 4.69. The van der Waals surface area contributed by atoms with Crippen LogP contribution in [0.3, 0.4) is 0 Å². The van der Waals surface area contributed by atoms with Crippen LogP contribution in [-0.4, -0.2) is 12.2 Å². The van der Waals surface area contributed by atoms with Gasteiger partial charge in [-0.1, -0.05) is 38.1 Å². The molecule has 84 valence electrons. The number of nitrogens with two attached hydrogens (primary N) is 1. The van der Waals surface area contributed by atoms with Crippen LogP contribution in [0.1, 0.15) is 37.8 Å². The number of alkyl halides is 1. The molecule has 0 heterocycles. The van der Waals surface area contributed by atoms with Gasteiger partial charge in [-0.15, -0.1) is 0 Å². The van der Waals surface area contributed by atoms with Gasteiger partial charge in [-0.25, -0.2) is 4.39 Å². The van der Waals surface area contributed by atoms with E-state index in [9.17, 15) is 4.39 Å². The summed E-state index contributed by atoms with van der Waals surface area (Å²) in [6.07, 6.45) is 0.391. The molecule has 0 radical (unpaired) electrons. The topological polar surface area (TPSA) is 26.0 Å². The average Bonchev–Trinajstić information content (AvgIpc) is 2.18. The second kappa shape index (κ2) is 4.75. The van der Waals surface area contributed by atoms with Crippen molar-refractivity contribution in [2.45, 2.75) is 38.8 Å². The molecule has 0 amide bonds. The average molecular weight is 209 g/mol. The smallest absolute Gasteiger partial charge is 0.124 e. The van der Waals surface area contributed by atoms with Gasteiger partial charge in [0.2, 0.25) is 0 Å². The lowest BCUT2D eigenvalue weighted by Crippen LogP contribution is -2.31. The predicted molar refractivity (Wildman–Crippen MR) is 62.8 cm³/mol. The Labute approximate surface area is 91.5 Å². The molecular formula is C13H20FN. The third-order valence-corrected chi connectivity index (χ3v) is 2.64. The molecule has 0 aliphatic heterocycles. The lowest BCUT2D eigenvalue weighted by atomic mass is 9.95. The second-order valence-electron chi connectivity index (χ2n) is 4.69. The van der Waals surface area contributed by atoms with Crippen LogP contribution in [0.4, 0.5) is 4.39 Å². The molecule has 0 aromatic heterocycles. The van der Waals surface area contributed by atoms with Crippen molar-refractivity contribution in [1.82, 2.24) is 0 Å². The van der Waals surface area contributed by atoms with Crippen LogP contribution in [0.5, 0.6) is 0 Å². The highest BCUT2D eigenvalue weighted by Crippen LogP contribution is 2.19. The SMILES string of the molecule is CC(C)c1ccc(CC(C)(F)CN)cc1. The molecule has 1 aromatic carbocycles. The summed E-state index contributed by atoms with van der Waals surface area (Å²) >= 11 is 0. The predicted octanol–water partition coefficient (Wildman–Crippen LogP) is 3.04. The van der Waals surface area contributed by atoms with Crippen LogP contribution >= 0.6 is 0 Å². The zero-order chi connectivity index (χ0) is 11.5. The van der Waals surface area contributed by atoms with Crippen molar-refractivity contribution in [2.75, 3.05) is 6.54 Å². The van der Waals surface area contributed by atoms with Gasteiger partial charge in [0.25, 0.3) is 0 Å². The van der Waals surface area contributed by atoms with Crippen molar-refractivity contribution < 1.29 is 4.39 Å². The lowest BCUT2D eigenvalue weighted by molar-refractivity contribution is 0.200. The molecule has 1 unspecified atom stereocenters. The number of halogens is 1. The highest BCUT2D eigenvalue weighted by Gasteiger charge is 2.21. The van der Waals surface area contributed by atoms with E-state index in [1.54, 1.807) is 6.92 Å². The highest BCUT2D eigenvalue weighted by atomic mass is 19.1. The van der Waals surface area contributed by atoms with E-state index in [-0.39, 0.29) is 6.54 Å². The minimum Gasteiger partial charge on any atom is -0.328 e. The normalized spacial score (nSPS) is 15.3. The standard InChI is InChI=1S/C13H20FN/c1-10(2)12-6-4-11(5-7-12)8-13(3,14)9-15/h4-7,10H,8-9,15H2,1-3H3. The monoisotopic (exact) mass is 209 g/mol. The fraction of sp³-hybridized carbons (Fsp3) is 0.538. The van der Waals surface area contributed by atoms with Crippen LogP contribution in [0.15, 0.2) is 24.3 Å². The molecule has 0 saturated carbocycles. The van der Waals surface area contributed by atoms with E-state index in [1.165, 1.54) is 5.56 Å².